The van der Waals surface area contributed by atoms with Crippen LogP contribution in [0.2, 0.25) is 0 Å². The molecule has 19 heavy (non-hydrogen) atoms. The maximum absolute atomic E-state index is 12.5. The molecule has 0 bridgehead atoms. The average Bonchev–Trinajstić information content (AvgIpc) is 2.87. The Hall–Kier alpha value is -1.35. The number of rotatable bonds is 4. The lowest BCUT2D eigenvalue weighted by atomic mass is 9.98. The van der Waals surface area contributed by atoms with Gasteiger partial charge < -0.3 is 10.2 Å². The van der Waals surface area contributed by atoms with E-state index in [-0.39, 0.29) is 17.9 Å². The summed E-state index contributed by atoms with van der Waals surface area (Å²) in [6.07, 6.45) is 2.19. The molecule has 2 atom stereocenters. The van der Waals surface area contributed by atoms with Crippen LogP contribution < -0.4 is 5.32 Å². The summed E-state index contributed by atoms with van der Waals surface area (Å²) < 4.78 is 0. The normalized spacial score (nSPS) is 20.6. The van der Waals surface area contributed by atoms with Gasteiger partial charge in [-0.3, -0.25) is 4.79 Å². The first-order valence-electron chi connectivity index (χ1n) is 7.15. The molecule has 1 aliphatic rings. The zero-order chi connectivity index (χ0) is 13.8. The minimum absolute atomic E-state index is 0.0506. The van der Waals surface area contributed by atoms with E-state index in [4.69, 9.17) is 0 Å². The molecule has 1 aromatic carbocycles. The van der Waals surface area contributed by atoms with Gasteiger partial charge in [-0.25, -0.2) is 0 Å². The number of nitrogens with one attached hydrogen (secondary N) is 1. The number of carbonyl (C=O) groups excluding carboxylic acids is 1. The molecule has 1 aliphatic heterocycles. The maximum atomic E-state index is 12.5. The van der Waals surface area contributed by atoms with Crippen LogP contribution in [0.3, 0.4) is 0 Å². The molecular weight excluding hydrogens is 236 g/mol. The molecule has 2 unspecified atom stereocenters. The van der Waals surface area contributed by atoms with Gasteiger partial charge in [-0.2, -0.15) is 0 Å². The second kappa shape index (κ2) is 6.20. The summed E-state index contributed by atoms with van der Waals surface area (Å²) in [4.78, 5) is 14.6. The molecule has 1 aromatic rings. The van der Waals surface area contributed by atoms with Crippen LogP contribution in [0.1, 0.15) is 36.9 Å². The van der Waals surface area contributed by atoms with E-state index < -0.39 is 0 Å². The lowest BCUT2D eigenvalue weighted by Gasteiger charge is -2.28. The molecule has 0 saturated carbocycles. The summed E-state index contributed by atoms with van der Waals surface area (Å²) >= 11 is 0. The van der Waals surface area contributed by atoms with Gasteiger partial charge in [0.05, 0.1) is 6.04 Å². The molecule has 3 heteroatoms. The molecule has 0 aromatic heterocycles. The molecule has 1 N–H and O–H groups in total. The van der Waals surface area contributed by atoms with Gasteiger partial charge in [0.15, 0.2) is 0 Å². The third-order valence-electron chi connectivity index (χ3n) is 4.02. The topological polar surface area (TPSA) is 32.3 Å². The lowest BCUT2D eigenvalue weighted by Crippen LogP contribution is -2.38. The minimum atomic E-state index is 0.0506. The van der Waals surface area contributed by atoms with E-state index in [0.29, 0.717) is 0 Å². The van der Waals surface area contributed by atoms with Crippen LogP contribution in [-0.2, 0) is 4.79 Å². The van der Waals surface area contributed by atoms with Crippen LogP contribution in [0.25, 0.3) is 0 Å². The number of hydrogen-bond acceptors (Lipinski definition) is 2. The van der Waals surface area contributed by atoms with E-state index in [1.165, 1.54) is 11.1 Å². The van der Waals surface area contributed by atoms with Crippen LogP contribution in [0.4, 0.5) is 0 Å². The minimum Gasteiger partial charge on any atom is -0.335 e. The number of nitrogens with zero attached hydrogens (tertiary/aromatic N) is 1. The molecule has 0 spiro atoms. The Morgan fingerprint density at radius 3 is 2.89 bits per heavy atom. The van der Waals surface area contributed by atoms with Crippen LogP contribution in [0, 0.1) is 12.8 Å². The Bertz CT molecular complexity index is 444. The van der Waals surface area contributed by atoms with Crippen molar-refractivity contribution in [3.8, 4) is 0 Å². The number of benzene rings is 1. The second-order valence-electron chi connectivity index (χ2n) is 5.50. The van der Waals surface area contributed by atoms with Gasteiger partial charge >= 0.3 is 0 Å². The third kappa shape index (κ3) is 2.98. The summed E-state index contributed by atoms with van der Waals surface area (Å²) in [6, 6.07) is 8.69. The van der Waals surface area contributed by atoms with Crippen molar-refractivity contribution in [1.29, 1.82) is 0 Å². The van der Waals surface area contributed by atoms with Crippen LogP contribution >= 0.6 is 0 Å². The summed E-state index contributed by atoms with van der Waals surface area (Å²) in [5.41, 5.74) is 2.60. The number of amides is 1. The number of likely N-dealkylation sites (tertiary alicyclic amines) is 1. The lowest BCUT2D eigenvalue weighted by molar-refractivity contribution is -0.135. The van der Waals surface area contributed by atoms with Gasteiger partial charge in [0.25, 0.3) is 0 Å². The Morgan fingerprint density at radius 2 is 2.21 bits per heavy atom. The van der Waals surface area contributed by atoms with Crippen LogP contribution in [-0.4, -0.2) is 30.9 Å². The first-order chi connectivity index (χ1) is 9.15. The van der Waals surface area contributed by atoms with E-state index >= 15 is 0 Å². The zero-order valence-electron chi connectivity index (χ0n) is 12.1. The molecule has 0 aliphatic carbocycles. The summed E-state index contributed by atoms with van der Waals surface area (Å²) in [5, 5.41) is 3.09. The molecule has 3 nitrogen and oxygen atoms in total. The van der Waals surface area contributed by atoms with Crippen molar-refractivity contribution in [2.75, 3.05) is 20.1 Å². The van der Waals surface area contributed by atoms with Gasteiger partial charge in [-0.1, -0.05) is 31.2 Å². The predicted molar refractivity (Wildman–Crippen MR) is 78.0 cm³/mol. The van der Waals surface area contributed by atoms with Crippen molar-refractivity contribution in [3.05, 3.63) is 35.4 Å². The van der Waals surface area contributed by atoms with Gasteiger partial charge in [0.1, 0.15) is 0 Å². The molecule has 1 fully saturated rings. The van der Waals surface area contributed by atoms with Gasteiger partial charge in [-0.05, 0) is 37.9 Å². The number of hydrogen-bond donors (Lipinski definition) is 1. The molecule has 104 valence electrons. The van der Waals surface area contributed by atoms with E-state index in [9.17, 15) is 4.79 Å². The van der Waals surface area contributed by atoms with Crippen molar-refractivity contribution in [1.82, 2.24) is 10.2 Å². The summed E-state index contributed by atoms with van der Waals surface area (Å²) in [6.45, 7) is 5.78. The second-order valence-corrected chi connectivity index (χ2v) is 5.50. The number of aryl methyl sites for hydroxylation is 1. The quantitative estimate of drug-likeness (QED) is 0.902. The predicted octanol–water partition coefficient (Wildman–Crippen LogP) is 2.51. The van der Waals surface area contributed by atoms with E-state index in [2.05, 4.69) is 41.4 Å². The first kappa shape index (κ1) is 14.1. The highest BCUT2D eigenvalue weighted by atomic mass is 16.2. The monoisotopic (exact) mass is 260 g/mol. The van der Waals surface area contributed by atoms with Crippen molar-refractivity contribution in [3.63, 3.8) is 0 Å². The average molecular weight is 260 g/mol. The SMILES string of the molecule is CNCC(C)C(=O)N1CCCC1c1ccccc1C. The summed E-state index contributed by atoms with van der Waals surface area (Å²) in [7, 11) is 1.90. The fraction of sp³-hybridized carbons (Fsp3) is 0.562. The largest absolute Gasteiger partial charge is 0.335 e. The Balaban J connectivity index is 2.17. The summed E-state index contributed by atoms with van der Waals surface area (Å²) in [5.74, 6) is 0.328. The standard InChI is InChI=1S/C16H24N2O/c1-12-7-4-5-8-14(12)15-9-6-10-18(15)16(19)13(2)11-17-3/h4-5,7-8,13,15,17H,6,9-11H2,1-3H3. The third-order valence-corrected chi connectivity index (χ3v) is 4.02. The van der Waals surface area contributed by atoms with Crippen molar-refractivity contribution >= 4 is 5.91 Å². The number of carbonyl (C=O) groups is 1. The first-order valence-corrected chi connectivity index (χ1v) is 7.15. The molecule has 1 saturated heterocycles. The molecular formula is C16H24N2O. The molecule has 1 heterocycles. The Labute approximate surface area is 116 Å². The zero-order valence-corrected chi connectivity index (χ0v) is 12.1. The highest BCUT2D eigenvalue weighted by Crippen LogP contribution is 2.34. The Kier molecular flexibility index (Phi) is 4.59. The van der Waals surface area contributed by atoms with Crippen LogP contribution in [0.15, 0.2) is 24.3 Å². The van der Waals surface area contributed by atoms with E-state index in [1.54, 1.807) is 0 Å². The van der Waals surface area contributed by atoms with Crippen molar-refractivity contribution in [2.24, 2.45) is 5.92 Å². The smallest absolute Gasteiger partial charge is 0.227 e. The highest BCUT2D eigenvalue weighted by Gasteiger charge is 2.32. The van der Waals surface area contributed by atoms with Crippen molar-refractivity contribution in [2.45, 2.75) is 32.7 Å². The Morgan fingerprint density at radius 1 is 1.47 bits per heavy atom. The molecule has 1 amide bonds. The fourth-order valence-corrected chi connectivity index (χ4v) is 2.99. The molecule has 0 radical (unpaired) electrons. The maximum Gasteiger partial charge on any atom is 0.227 e. The molecule has 2 rings (SSSR count). The van der Waals surface area contributed by atoms with Crippen LogP contribution in [0.5, 0.6) is 0 Å². The van der Waals surface area contributed by atoms with E-state index in [1.807, 2.05) is 14.0 Å². The fourth-order valence-electron chi connectivity index (χ4n) is 2.99. The van der Waals surface area contributed by atoms with Crippen molar-refractivity contribution < 1.29 is 4.79 Å². The highest BCUT2D eigenvalue weighted by molar-refractivity contribution is 5.79. The van der Waals surface area contributed by atoms with E-state index in [0.717, 1.165) is 25.9 Å². The van der Waals surface area contributed by atoms with Gasteiger partial charge in [0, 0.05) is 19.0 Å². The van der Waals surface area contributed by atoms with Gasteiger partial charge in [0.2, 0.25) is 5.91 Å². The van der Waals surface area contributed by atoms with Gasteiger partial charge in [-0.15, -0.1) is 0 Å².